The maximum atomic E-state index is 14.1. The van der Waals surface area contributed by atoms with Crippen LogP contribution in [0.1, 0.15) is 20.8 Å². The van der Waals surface area contributed by atoms with Crippen LogP contribution in [0.5, 0.6) is 0 Å². The van der Waals surface area contributed by atoms with E-state index in [2.05, 4.69) is 17.2 Å². The fourth-order valence-corrected chi connectivity index (χ4v) is 3.64. The molecule has 0 aliphatic heterocycles. The molecule has 3 rings (SSSR count). The summed E-state index contributed by atoms with van der Waals surface area (Å²) < 4.78 is 20.0. The molecule has 1 N–H and O–H groups in total. The minimum absolute atomic E-state index is 0.180. The topological polar surface area (TPSA) is 38.3 Å². The van der Waals surface area contributed by atoms with Crippen molar-refractivity contribution in [3.63, 3.8) is 0 Å². The van der Waals surface area contributed by atoms with E-state index in [1.165, 1.54) is 24.5 Å². The lowest BCUT2D eigenvalue weighted by atomic mass is 10.1. The lowest BCUT2D eigenvalue weighted by molar-refractivity contribution is 0.0958. The van der Waals surface area contributed by atoms with Gasteiger partial charge in [-0.25, -0.2) is 4.39 Å². The maximum Gasteiger partial charge on any atom is 0.262 e. The molecule has 25 heavy (non-hydrogen) atoms. The number of carbonyl (C=O) groups is 1. The number of carbonyl (C=O) groups excluding carboxylic acids is 1. The van der Waals surface area contributed by atoms with Gasteiger partial charge in [0.2, 0.25) is 0 Å². The van der Waals surface area contributed by atoms with E-state index in [9.17, 15) is 9.18 Å². The third-order valence-electron chi connectivity index (χ3n) is 3.60. The highest BCUT2D eigenvalue weighted by Crippen LogP contribution is 2.33. The van der Waals surface area contributed by atoms with E-state index in [0.717, 1.165) is 10.3 Å². The molecule has 5 heteroatoms. The average Bonchev–Trinajstić information content (AvgIpc) is 3.00. The quantitative estimate of drug-likeness (QED) is 0.721. The van der Waals surface area contributed by atoms with Crippen molar-refractivity contribution in [3.05, 3.63) is 70.4 Å². The Morgan fingerprint density at radius 1 is 1.20 bits per heavy atom. The molecule has 3 aromatic rings. The number of thiophene rings is 1. The number of amides is 1. The summed E-state index contributed by atoms with van der Waals surface area (Å²) in [7, 11) is 1.53. The average molecular weight is 353 g/mol. The SMILES string of the molecule is COCc1c(C(=O)NCC#Cc2ccccc2)sc2cccc(F)c12. The van der Waals surface area contributed by atoms with Crippen LogP contribution in [0, 0.1) is 17.7 Å². The van der Waals surface area contributed by atoms with Gasteiger partial charge in [0.1, 0.15) is 5.82 Å². The molecule has 0 aliphatic rings. The number of hydrogen-bond donors (Lipinski definition) is 1. The van der Waals surface area contributed by atoms with Gasteiger partial charge in [0, 0.05) is 28.3 Å². The molecule has 1 heterocycles. The standard InChI is InChI=1S/C20H16FNO2S/c1-24-13-15-18-16(21)10-5-11-17(18)25-19(15)20(23)22-12-6-9-14-7-3-2-4-8-14/h2-5,7-8,10-11H,12-13H2,1H3,(H,22,23). The van der Waals surface area contributed by atoms with Gasteiger partial charge in [0.25, 0.3) is 5.91 Å². The molecule has 0 radical (unpaired) electrons. The number of benzene rings is 2. The Balaban J connectivity index is 1.79. The molecule has 0 saturated heterocycles. The molecule has 0 saturated carbocycles. The summed E-state index contributed by atoms with van der Waals surface area (Å²) in [4.78, 5) is 12.9. The van der Waals surface area contributed by atoms with Crippen LogP contribution in [0.25, 0.3) is 10.1 Å². The van der Waals surface area contributed by atoms with Gasteiger partial charge in [-0.2, -0.15) is 0 Å². The second-order valence-electron chi connectivity index (χ2n) is 5.31. The molecule has 1 amide bonds. The van der Waals surface area contributed by atoms with Gasteiger partial charge >= 0.3 is 0 Å². The molecular weight excluding hydrogens is 337 g/mol. The third kappa shape index (κ3) is 3.87. The van der Waals surface area contributed by atoms with Crippen molar-refractivity contribution in [1.29, 1.82) is 0 Å². The Bertz CT molecular complexity index is 954. The number of halogens is 1. The van der Waals surface area contributed by atoms with Crippen LogP contribution in [0.2, 0.25) is 0 Å². The fraction of sp³-hybridized carbons (Fsp3) is 0.150. The summed E-state index contributed by atoms with van der Waals surface area (Å²) in [5, 5.41) is 3.22. The molecule has 0 unspecified atom stereocenters. The Morgan fingerprint density at radius 2 is 2.00 bits per heavy atom. The number of nitrogens with one attached hydrogen (secondary N) is 1. The second-order valence-corrected chi connectivity index (χ2v) is 6.36. The summed E-state index contributed by atoms with van der Waals surface area (Å²) in [5.41, 5.74) is 1.47. The van der Waals surface area contributed by atoms with Gasteiger partial charge in [0.05, 0.1) is 18.0 Å². The van der Waals surface area contributed by atoms with Crippen molar-refractivity contribution in [1.82, 2.24) is 5.32 Å². The van der Waals surface area contributed by atoms with E-state index in [1.54, 1.807) is 12.1 Å². The largest absolute Gasteiger partial charge is 0.380 e. The molecular formula is C20H16FNO2S. The Morgan fingerprint density at radius 3 is 2.76 bits per heavy atom. The van der Waals surface area contributed by atoms with Gasteiger partial charge in [-0.15, -0.1) is 11.3 Å². The van der Waals surface area contributed by atoms with Crippen LogP contribution in [0.4, 0.5) is 4.39 Å². The van der Waals surface area contributed by atoms with E-state index in [4.69, 9.17) is 4.74 Å². The monoisotopic (exact) mass is 353 g/mol. The van der Waals surface area contributed by atoms with E-state index < -0.39 is 0 Å². The molecule has 0 aliphatic carbocycles. The normalized spacial score (nSPS) is 10.3. The van der Waals surface area contributed by atoms with Crippen molar-refractivity contribution >= 4 is 27.3 Å². The van der Waals surface area contributed by atoms with Gasteiger partial charge in [-0.1, -0.05) is 36.1 Å². The lowest BCUT2D eigenvalue weighted by Crippen LogP contribution is -2.23. The zero-order valence-corrected chi connectivity index (χ0v) is 14.5. The molecule has 0 bridgehead atoms. The minimum atomic E-state index is -0.344. The molecule has 1 aromatic heterocycles. The summed E-state index contributed by atoms with van der Waals surface area (Å²) in [6.07, 6.45) is 0. The molecule has 0 spiro atoms. The third-order valence-corrected chi connectivity index (χ3v) is 4.80. The van der Waals surface area contributed by atoms with E-state index in [1.807, 2.05) is 30.3 Å². The number of methoxy groups -OCH3 is 1. The van der Waals surface area contributed by atoms with E-state index >= 15 is 0 Å². The predicted octanol–water partition coefficient (Wildman–Crippen LogP) is 3.97. The minimum Gasteiger partial charge on any atom is -0.380 e. The van der Waals surface area contributed by atoms with Crippen molar-refractivity contribution in [2.75, 3.05) is 13.7 Å². The lowest BCUT2D eigenvalue weighted by Gasteiger charge is -2.04. The zero-order chi connectivity index (χ0) is 17.6. The zero-order valence-electron chi connectivity index (χ0n) is 13.6. The number of ether oxygens (including phenoxy) is 1. The first kappa shape index (κ1) is 17.2. The molecule has 0 atom stereocenters. The van der Waals surface area contributed by atoms with Crippen LogP contribution >= 0.6 is 11.3 Å². The molecule has 3 nitrogen and oxygen atoms in total. The maximum absolute atomic E-state index is 14.1. The van der Waals surface area contributed by atoms with Crippen molar-refractivity contribution in [3.8, 4) is 11.8 Å². The van der Waals surface area contributed by atoms with Crippen LogP contribution in [-0.4, -0.2) is 19.6 Å². The summed E-state index contributed by atoms with van der Waals surface area (Å²) in [5.74, 6) is 5.28. The Hall–Kier alpha value is -2.68. The summed E-state index contributed by atoms with van der Waals surface area (Å²) >= 11 is 1.26. The number of hydrogen-bond acceptors (Lipinski definition) is 3. The van der Waals surface area contributed by atoms with Gasteiger partial charge in [0.15, 0.2) is 0 Å². The first-order chi connectivity index (χ1) is 12.2. The molecule has 0 fully saturated rings. The first-order valence-corrected chi connectivity index (χ1v) is 8.53. The Labute approximate surface area is 149 Å². The van der Waals surface area contributed by atoms with E-state index in [0.29, 0.717) is 15.8 Å². The van der Waals surface area contributed by atoms with Crippen molar-refractivity contribution in [2.45, 2.75) is 6.61 Å². The highest BCUT2D eigenvalue weighted by Gasteiger charge is 2.20. The second kappa shape index (κ2) is 7.93. The van der Waals surface area contributed by atoms with Crippen LogP contribution in [0.3, 0.4) is 0 Å². The number of fused-ring (bicyclic) bond motifs is 1. The van der Waals surface area contributed by atoms with Crippen molar-refractivity contribution < 1.29 is 13.9 Å². The fourth-order valence-electron chi connectivity index (χ4n) is 2.51. The smallest absolute Gasteiger partial charge is 0.262 e. The van der Waals surface area contributed by atoms with Crippen LogP contribution in [0.15, 0.2) is 48.5 Å². The predicted molar refractivity (Wildman–Crippen MR) is 98.1 cm³/mol. The van der Waals surface area contributed by atoms with Crippen molar-refractivity contribution in [2.24, 2.45) is 0 Å². The molecule has 2 aromatic carbocycles. The highest BCUT2D eigenvalue weighted by molar-refractivity contribution is 7.21. The van der Waals surface area contributed by atoms with E-state index in [-0.39, 0.29) is 24.9 Å². The summed E-state index contributed by atoms with van der Waals surface area (Å²) in [6, 6.07) is 14.4. The van der Waals surface area contributed by atoms with Crippen LogP contribution in [-0.2, 0) is 11.3 Å². The first-order valence-electron chi connectivity index (χ1n) is 7.71. The van der Waals surface area contributed by atoms with Crippen LogP contribution < -0.4 is 5.32 Å². The van der Waals surface area contributed by atoms with Gasteiger partial charge in [-0.05, 0) is 24.3 Å². The molecule has 126 valence electrons. The number of rotatable bonds is 4. The highest BCUT2D eigenvalue weighted by atomic mass is 32.1. The van der Waals surface area contributed by atoms with Gasteiger partial charge in [-0.3, -0.25) is 4.79 Å². The Kier molecular flexibility index (Phi) is 5.44. The summed E-state index contributed by atoms with van der Waals surface area (Å²) in [6.45, 7) is 0.399. The van der Waals surface area contributed by atoms with Gasteiger partial charge < -0.3 is 10.1 Å².